The number of carbonyl (C=O) groups excluding carboxylic acids is 1. The Labute approximate surface area is 71.3 Å². The number of nitrogens with two attached hydrogens (primary N) is 1. The lowest BCUT2D eigenvalue weighted by molar-refractivity contribution is -0.140. The van der Waals surface area contributed by atoms with Crippen molar-refractivity contribution in [2.75, 3.05) is 13.3 Å². The van der Waals surface area contributed by atoms with Gasteiger partial charge >= 0.3 is 5.97 Å². The summed E-state index contributed by atoms with van der Waals surface area (Å²) in [6, 6.07) is 0. The van der Waals surface area contributed by atoms with Gasteiger partial charge in [-0.05, 0) is 0 Å². The largest absolute Gasteiger partial charge is 0.469 e. The number of hydrogen-bond acceptors (Lipinski definition) is 4. The molecule has 3 N–H and O–H groups in total. The molecule has 0 heterocycles. The van der Waals surface area contributed by atoms with Gasteiger partial charge in [0.05, 0.1) is 19.3 Å². The molecule has 0 aliphatic carbocycles. The molecule has 0 radical (unpaired) electrons. The van der Waals surface area contributed by atoms with Gasteiger partial charge in [0.15, 0.2) is 0 Å². The van der Waals surface area contributed by atoms with Crippen LogP contribution in [-0.4, -0.2) is 29.9 Å². The Kier molecular flexibility index (Phi) is 4.45. The summed E-state index contributed by atoms with van der Waals surface area (Å²) in [6.45, 7) is 1.55. The van der Waals surface area contributed by atoms with Crippen LogP contribution >= 0.6 is 7.37 Å². The lowest BCUT2D eigenvalue weighted by Gasteiger charge is -2.15. The molecule has 5 nitrogen and oxygen atoms in total. The fourth-order valence-corrected chi connectivity index (χ4v) is 1.53. The number of ether oxygens (including phenoxy) is 1. The van der Waals surface area contributed by atoms with Crippen molar-refractivity contribution in [2.24, 2.45) is 5.73 Å². The Morgan fingerprint density at radius 3 is 2.58 bits per heavy atom. The zero-order valence-corrected chi connectivity index (χ0v) is 8.08. The van der Waals surface area contributed by atoms with Gasteiger partial charge in [-0.3, -0.25) is 9.36 Å². The van der Waals surface area contributed by atoms with Crippen LogP contribution in [0.25, 0.3) is 0 Å². The molecule has 0 spiro atoms. The maximum atomic E-state index is 11.2. The van der Waals surface area contributed by atoms with Crippen LogP contribution in [0.5, 0.6) is 0 Å². The average molecular weight is 195 g/mol. The van der Waals surface area contributed by atoms with E-state index < -0.39 is 19.1 Å². The SMILES string of the molecule is CCP(=O)(O)C(N)CC(=O)OC. The molecule has 0 bridgehead atoms. The smallest absolute Gasteiger partial charge is 0.307 e. The molecule has 0 aliphatic rings. The summed E-state index contributed by atoms with van der Waals surface area (Å²) >= 11 is 0. The molecule has 6 heteroatoms. The summed E-state index contributed by atoms with van der Waals surface area (Å²) in [4.78, 5) is 19.8. The van der Waals surface area contributed by atoms with Crippen molar-refractivity contribution in [3.8, 4) is 0 Å². The molecule has 0 aliphatic heterocycles. The van der Waals surface area contributed by atoms with Crippen LogP contribution in [0.2, 0.25) is 0 Å². The van der Waals surface area contributed by atoms with E-state index in [0.717, 1.165) is 0 Å². The molecule has 0 aromatic carbocycles. The van der Waals surface area contributed by atoms with Crippen LogP contribution < -0.4 is 5.73 Å². The third-order valence-electron chi connectivity index (χ3n) is 1.57. The molecule has 0 saturated carbocycles. The maximum absolute atomic E-state index is 11.2. The molecule has 2 unspecified atom stereocenters. The molecule has 72 valence electrons. The van der Waals surface area contributed by atoms with Gasteiger partial charge in [-0.15, -0.1) is 0 Å². The fourth-order valence-electron chi connectivity index (χ4n) is 0.631. The molecule has 0 amide bonds. The van der Waals surface area contributed by atoms with Gasteiger partial charge in [0.25, 0.3) is 0 Å². The minimum Gasteiger partial charge on any atom is -0.469 e. The van der Waals surface area contributed by atoms with Gasteiger partial charge in [-0.1, -0.05) is 6.92 Å². The van der Waals surface area contributed by atoms with Gasteiger partial charge in [-0.25, -0.2) is 0 Å². The first-order valence-corrected chi connectivity index (χ1v) is 5.49. The normalized spacial score (nSPS) is 18.0. The predicted octanol–water partition coefficient (Wildman–Crippen LogP) is 0.125. The minimum atomic E-state index is -3.35. The monoisotopic (exact) mass is 195 g/mol. The Balaban J connectivity index is 4.12. The average Bonchev–Trinajstić information content (AvgIpc) is 2.04. The van der Waals surface area contributed by atoms with Crippen molar-refractivity contribution >= 4 is 13.3 Å². The van der Waals surface area contributed by atoms with Crippen LogP contribution in [0, 0.1) is 0 Å². The molecule has 0 fully saturated rings. The zero-order valence-electron chi connectivity index (χ0n) is 7.19. The van der Waals surface area contributed by atoms with Crippen molar-refractivity contribution < 1.29 is 19.0 Å². The fraction of sp³-hybridized carbons (Fsp3) is 0.833. The first-order valence-electron chi connectivity index (χ1n) is 3.58. The van der Waals surface area contributed by atoms with Crippen LogP contribution in [0.3, 0.4) is 0 Å². The summed E-state index contributed by atoms with van der Waals surface area (Å²) in [6.07, 6.45) is -0.136. The summed E-state index contributed by atoms with van der Waals surface area (Å²) in [5.74, 6) is -1.57. The first-order chi connectivity index (χ1) is 5.44. The van der Waals surface area contributed by atoms with E-state index in [4.69, 9.17) is 10.6 Å². The Morgan fingerprint density at radius 1 is 1.75 bits per heavy atom. The van der Waals surface area contributed by atoms with E-state index in [9.17, 15) is 9.36 Å². The van der Waals surface area contributed by atoms with E-state index in [2.05, 4.69) is 4.74 Å². The molecular formula is C6H14NO4P. The molecule has 0 rings (SSSR count). The molecule has 2 atom stereocenters. The number of hydrogen-bond donors (Lipinski definition) is 2. The van der Waals surface area contributed by atoms with Crippen LogP contribution in [0.15, 0.2) is 0 Å². The number of esters is 1. The van der Waals surface area contributed by atoms with Crippen molar-refractivity contribution in [3.05, 3.63) is 0 Å². The Morgan fingerprint density at radius 2 is 2.25 bits per heavy atom. The lowest BCUT2D eigenvalue weighted by atomic mass is 10.4. The highest BCUT2D eigenvalue weighted by Gasteiger charge is 2.27. The number of carbonyl (C=O) groups is 1. The van der Waals surface area contributed by atoms with E-state index in [1.54, 1.807) is 6.92 Å². The highest BCUT2D eigenvalue weighted by atomic mass is 31.2. The Hall–Kier alpha value is -0.380. The lowest BCUT2D eigenvalue weighted by Crippen LogP contribution is -2.25. The van der Waals surface area contributed by atoms with Gasteiger partial charge < -0.3 is 15.4 Å². The van der Waals surface area contributed by atoms with Gasteiger partial charge in [-0.2, -0.15) is 0 Å². The van der Waals surface area contributed by atoms with Crippen molar-refractivity contribution in [3.63, 3.8) is 0 Å². The van der Waals surface area contributed by atoms with Crippen LogP contribution in [0.4, 0.5) is 0 Å². The van der Waals surface area contributed by atoms with Crippen LogP contribution in [-0.2, 0) is 14.1 Å². The minimum absolute atomic E-state index is 0.0746. The van der Waals surface area contributed by atoms with Crippen LogP contribution in [0.1, 0.15) is 13.3 Å². The summed E-state index contributed by atoms with van der Waals surface area (Å²) < 4.78 is 15.5. The third-order valence-corrected chi connectivity index (χ3v) is 3.70. The van der Waals surface area contributed by atoms with E-state index in [-0.39, 0.29) is 12.6 Å². The van der Waals surface area contributed by atoms with E-state index in [0.29, 0.717) is 0 Å². The van der Waals surface area contributed by atoms with Gasteiger partial charge in [0.2, 0.25) is 7.37 Å². The first kappa shape index (κ1) is 11.6. The third kappa shape index (κ3) is 3.34. The van der Waals surface area contributed by atoms with E-state index >= 15 is 0 Å². The summed E-state index contributed by atoms with van der Waals surface area (Å²) in [5.41, 5.74) is 5.32. The second-order valence-corrected chi connectivity index (χ2v) is 5.23. The second kappa shape index (κ2) is 4.60. The highest BCUT2D eigenvalue weighted by Crippen LogP contribution is 2.44. The van der Waals surface area contributed by atoms with E-state index in [1.165, 1.54) is 7.11 Å². The summed E-state index contributed by atoms with van der Waals surface area (Å²) in [7, 11) is -2.14. The quantitative estimate of drug-likeness (QED) is 0.491. The second-order valence-electron chi connectivity index (χ2n) is 2.42. The van der Waals surface area contributed by atoms with Crippen molar-refractivity contribution in [2.45, 2.75) is 19.1 Å². The van der Waals surface area contributed by atoms with E-state index in [1.807, 2.05) is 0 Å². The van der Waals surface area contributed by atoms with Gasteiger partial charge in [0.1, 0.15) is 0 Å². The van der Waals surface area contributed by atoms with Gasteiger partial charge in [0, 0.05) is 6.16 Å². The van der Waals surface area contributed by atoms with Crippen molar-refractivity contribution in [1.82, 2.24) is 0 Å². The van der Waals surface area contributed by atoms with Crippen molar-refractivity contribution in [1.29, 1.82) is 0 Å². The highest BCUT2D eigenvalue weighted by molar-refractivity contribution is 7.58. The molecule has 12 heavy (non-hydrogen) atoms. The predicted molar refractivity (Wildman–Crippen MR) is 45.0 cm³/mol. The molecule has 0 saturated heterocycles. The summed E-state index contributed by atoms with van der Waals surface area (Å²) in [5, 5.41) is 0. The standard InChI is InChI=1S/C6H14NO4P/c1-3-12(9,10)5(7)4-6(8)11-2/h5H,3-4,7H2,1-2H3,(H,9,10). The maximum Gasteiger partial charge on any atom is 0.307 e. The molecule has 0 aromatic heterocycles. The number of rotatable bonds is 4. The molecular weight excluding hydrogens is 181 g/mol. The zero-order chi connectivity index (χ0) is 9.78. The topological polar surface area (TPSA) is 89.6 Å². The number of methoxy groups -OCH3 is 1. The Bertz CT molecular complexity index is 206. The molecule has 0 aromatic rings.